The second-order valence-electron chi connectivity index (χ2n) is 5.74. The Kier molecular flexibility index (Phi) is 4.91. The van der Waals surface area contributed by atoms with Gasteiger partial charge in [0.1, 0.15) is 5.92 Å². The summed E-state index contributed by atoms with van der Waals surface area (Å²) < 4.78 is 43.1. The van der Waals surface area contributed by atoms with E-state index in [9.17, 15) is 27.6 Å². The highest BCUT2D eigenvalue weighted by Crippen LogP contribution is 2.36. The fourth-order valence-corrected chi connectivity index (χ4v) is 3.04. The second kappa shape index (κ2) is 6.93. The molecule has 0 aromatic carbocycles. The van der Waals surface area contributed by atoms with Gasteiger partial charge in [-0.25, -0.2) is 9.78 Å². The molecular formula is C15H12ClF3N4O5. The lowest BCUT2D eigenvalue weighted by Gasteiger charge is -2.28. The molecule has 150 valence electrons. The molecule has 0 N–H and O–H groups in total. The largest absolute Gasteiger partial charge is 0.461 e. The van der Waals surface area contributed by atoms with Crippen LogP contribution in [0, 0.1) is 5.92 Å². The average molecular weight is 421 g/mol. The van der Waals surface area contributed by atoms with Crippen molar-refractivity contribution in [2.24, 2.45) is 11.1 Å². The van der Waals surface area contributed by atoms with Crippen molar-refractivity contribution in [3.05, 3.63) is 22.8 Å². The number of hydrogen-bond donors (Lipinski definition) is 0. The maximum absolute atomic E-state index is 12.8. The van der Waals surface area contributed by atoms with Crippen molar-refractivity contribution in [3.63, 3.8) is 0 Å². The first-order valence-corrected chi connectivity index (χ1v) is 8.20. The Balaban J connectivity index is 1.89. The Labute approximate surface area is 160 Å². The minimum atomic E-state index is -4.66. The van der Waals surface area contributed by atoms with Gasteiger partial charge in [0, 0.05) is 13.2 Å². The summed E-state index contributed by atoms with van der Waals surface area (Å²) in [6.07, 6.45) is -5.53. The third kappa shape index (κ3) is 3.13. The number of carbonyl (C=O) groups is 3. The molecule has 1 saturated heterocycles. The number of alkyl halides is 3. The van der Waals surface area contributed by atoms with Crippen LogP contribution in [0.3, 0.4) is 0 Å². The lowest BCUT2D eigenvalue weighted by Crippen LogP contribution is -2.46. The number of imide groups is 1. The number of ether oxygens (including phenoxy) is 1. The van der Waals surface area contributed by atoms with Gasteiger partial charge in [0.25, 0.3) is 11.8 Å². The number of fused-ring (bicyclic) bond motifs is 1. The Bertz CT molecular complexity index is 891. The maximum atomic E-state index is 12.8. The van der Waals surface area contributed by atoms with Gasteiger partial charge in [0.05, 0.1) is 17.2 Å². The molecule has 1 aromatic heterocycles. The Hall–Kier alpha value is -2.89. The van der Waals surface area contributed by atoms with Gasteiger partial charge in [0.15, 0.2) is 11.5 Å². The first-order valence-electron chi connectivity index (χ1n) is 7.83. The molecule has 0 radical (unpaired) electrons. The molecular weight excluding hydrogens is 409 g/mol. The molecule has 0 bridgehead atoms. The lowest BCUT2D eigenvalue weighted by atomic mass is 10.00. The van der Waals surface area contributed by atoms with E-state index in [1.165, 1.54) is 7.05 Å². The van der Waals surface area contributed by atoms with Crippen LogP contribution in [-0.4, -0.2) is 53.2 Å². The van der Waals surface area contributed by atoms with Crippen LogP contribution >= 0.6 is 11.6 Å². The van der Waals surface area contributed by atoms with E-state index in [1.807, 2.05) is 0 Å². The SMILES string of the molecule is CCOC(=O)C1=NO[C@@H]2C(=O)N(N(C)c3ncc(C(F)(F)F)cc3Cl)C(=O)[C@@H]12. The number of hydrogen-bond acceptors (Lipinski definition) is 8. The minimum Gasteiger partial charge on any atom is -0.461 e. The van der Waals surface area contributed by atoms with Gasteiger partial charge in [-0.05, 0) is 13.0 Å². The summed E-state index contributed by atoms with van der Waals surface area (Å²) in [5.74, 6) is -4.27. The van der Waals surface area contributed by atoms with Gasteiger partial charge in [-0.1, -0.05) is 16.8 Å². The monoisotopic (exact) mass is 420 g/mol. The topological polar surface area (TPSA) is 101 Å². The Morgan fingerprint density at radius 3 is 2.64 bits per heavy atom. The summed E-state index contributed by atoms with van der Waals surface area (Å²) in [6.45, 7) is 1.57. The van der Waals surface area contributed by atoms with Gasteiger partial charge in [-0.3, -0.25) is 14.6 Å². The van der Waals surface area contributed by atoms with E-state index in [1.54, 1.807) is 6.92 Å². The van der Waals surface area contributed by atoms with Crippen LogP contribution in [0.2, 0.25) is 5.02 Å². The lowest BCUT2D eigenvalue weighted by molar-refractivity contribution is -0.143. The molecule has 2 amide bonds. The van der Waals surface area contributed by atoms with Gasteiger partial charge < -0.3 is 9.57 Å². The van der Waals surface area contributed by atoms with E-state index in [4.69, 9.17) is 21.2 Å². The number of aromatic nitrogens is 1. The van der Waals surface area contributed by atoms with Crippen LogP contribution < -0.4 is 5.01 Å². The highest BCUT2D eigenvalue weighted by molar-refractivity contribution is 6.43. The van der Waals surface area contributed by atoms with Crippen LogP contribution in [0.25, 0.3) is 0 Å². The van der Waals surface area contributed by atoms with E-state index in [2.05, 4.69) is 10.1 Å². The zero-order valence-corrected chi connectivity index (χ0v) is 15.1. The molecule has 3 rings (SSSR count). The van der Waals surface area contributed by atoms with E-state index in [-0.39, 0.29) is 18.1 Å². The summed E-state index contributed by atoms with van der Waals surface area (Å²) in [5, 5.41) is 4.49. The molecule has 2 aliphatic rings. The quantitative estimate of drug-likeness (QED) is 0.536. The van der Waals surface area contributed by atoms with E-state index in [0.717, 1.165) is 5.01 Å². The summed E-state index contributed by atoms with van der Waals surface area (Å²) in [5.41, 5.74) is -1.46. The van der Waals surface area contributed by atoms with Crippen LogP contribution in [0.15, 0.2) is 17.4 Å². The molecule has 2 aliphatic heterocycles. The predicted octanol–water partition coefficient (Wildman–Crippen LogP) is 1.41. The standard InChI is InChI=1S/C15H12ClF3N4O5/c1-3-27-14(26)9-8-10(28-21-9)13(25)23(12(8)24)22(2)11-7(16)4-6(5-20-11)15(17,18)19/h4-5,8,10H,3H2,1-2H3/t8-,10-/m0/s1. The van der Waals surface area contributed by atoms with Crippen LogP contribution in [0.5, 0.6) is 0 Å². The third-order valence-electron chi connectivity index (χ3n) is 4.03. The summed E-state index contributed by atoms with van der Waals surface area (Å²) in [7, 11) is 1.21. The number of esters is 1. The average Bonchev–Trinajstić information content (AvgIpc) is 3.14. The number of amides is 2. The van der Waals surface area contributed by atoms with Crippen molar-refractivity contribution in [3.8, 4) is 0 Å². The van der Waals surface area contributed by atoms with E-state index < -0.39 is 46.6 Å². The highest BCUT2D eigenvalue weighted by Gasteiger charge is 2.59. The van der Waals surface area contributed by atoms with Crippen molar-refractivity contribution in [2.75, 3.05) is 18.7 Å². The molecule has 1 aromatic rings. The normalized spacial score (nSPS) is 21.4. The Morgan fingerprint density at radius 1 is 1.39 bits per heavy atom. The molecule has 28 heavy (non-hydrogen) atoms. The molecule has 13 heteroatoms. The van der Waals surface area contributed by atoms with Gasteiger partial charge in [-0.2, -0.15) is 18.2 Å². The first-order chi connectivity index (χ1) is 13.1. The number of carbonyl (C=O) groups excluding carboxylic acids is 3. The van der Waals surface area contributed by atoms with Crippen molar-refractivity contribution < 1.29 is 37.1 Å². The zero-order valence-electron chi connectivity index (χ0n) is 14.4. The third-order valence-corrected chi connectivity index (χ3v) is 4.31. The van der Waals surface area contributed by atoms with Crippen LogP contribution in [0.4, 0.5) is 19.0 Å². The number of rotatable bonds is 4. The molecule has 3 heterocycles. The first kappa shape index (κ1) is 19.9. The van der Waals surface area contributed by atoms with Crippen molar-refractivity contribution in [1.82, 2.24) is 9.99 Å². The van der Waals surface area contributed by atoms with E-state index in [0.29, 0.717) is 17.3 Å². The summed E-state index contributed by atoms with van der Waals surface area (Å²) >= 11 is 5.86. The van der Waals surface area contributed by atoms with Crippen LogP contribution in [-0.2, 0) is 30.1 Å². The van der Waals surface area contributed by atoms with Gasteiger partial charge >= 0.3 is 12.1 Å². The van der Waals surface area contributed by atoms with Crippen molar-refractivity contribution >= 4 is 40.9 Å². The number of anilines is 1. The highest BCUT2D eigenvalue weighted by atomic mass is 35.5. The number of nitrogens with zero attached hydrogens (tertiary/aromatic N) is 4. The molecule has 0 spiro atoms. The maximum Gasteiger partial charge on any atom is 0.417 e. The zero-order chi connectivity index (χ0) is 20.8. The number of halogens is 4. The molecule has 9 nitrogen and oxygen atoms in total. The fourth-order valence-electron chi connectivity index (χ4n) is 2.75. The summed E-state index contributed by atoms with van der Waals surface area (Å²) in [6, 6.07) is 0.619. The molecule has 0 unspecified atom stereocenters. The van der Waals surface area contributed by atoms with E-state index >= 15 is 0 Å². The van der Waals surface area contributed by atoms with Gasteiger partial charge in [-0.15, -0.1) is 0 Å². The molecule has 1 fully saturated rings. The van der Waals surface area contributed by atoms with Crippen molar-refractivity contribution in [2.45, 2.75) is 19.2 Å². The second-order valence-corrected chi connectivity index (χ2v) is 6.15. The van der Waals surface area contributed by atoms with Crippen LogP contribution in [0.1, 0.15) is 12.5 Å². The molecule has 0 saturated carbocycles. The van der Waals surface area contributed by atoms with Gasteiger partial charge in [0.2, 0.25) is 6.10 Å². The predicted molar refractivity (Wildman–Crippen MR) is 86.9 cm³/mol. The van der Waals surface area contributed by atoms with Crippen molar-refractivity contribution in [1.29, 1.82) is 0 Å². The Morgan fingerprint density at radius 2 is 2.07 bits per heavy atom. The number of pyridine rings is 1. The fraction of sp³-hybridized carbons (Fsp3) is 0.400. The number of hydrazine groups is 1. The molecule has 2 atom stereocenters. The summed E-state index contributed by atoms with van der Waals surface area (Å²) in [4.78, 5) is 45.7. The smallest absolute Gasteiger partial charge is 0.417 e. The number of oxime groups is 1. The molecule has 0 aliphatic carbocycles. The minimum absolute atomic E-state index is 0.0199.